The van der Waals surface area contributed by atoms with E-state index < -0.39 is 6.04 Å². The lowest BCUT2D eigenvalue weighted by atomic mass is 10.0. The molecule has 1 heterocycles. The minimum absolute atomic E-state index is 0.00455. The molecule has 1 aliphatic heterocycles. The standard InChI is InChI=1S/C28H28N4O2/c29-21-26(23-12-6-2-7-13-23)31-16-18-32(19-17-31)27(33)20-25(22-10-4-1-5-11-22)30-28(34)24-14-8-3-9-15-24/h1-15,25-26H,16-20H2,(H,30,34). The lowest BCUT2D eigenvalue weighted by molar-refractivity contribution is -0.133. The first kappa shape index (κ1) is 23.2. The Balaban J connectivity index is 1.40. The molecule has 0 aromatic heterocycles. The van der Waals surface area contributed by atoms with Crippen LogP contribution in [-0.4, -0.2) is 47.8 Å². The first-order valence-corrected chi connectivity index (χ1v) is 11.5. The average Bonchev–Trinajstić information content (AvgIpc) is 2.90. The number of hydrogen-bond acceptors (Lipinski definition) is 4. The molecule has 0 spiro atoms. The smallest absolute Gasteiger partial charge is 0.251 e. The van der Waals surface area contributed by atoms with Gasteiger partial charge in [-0.05, 0) is 23.3 Å². The molecular weight excluding hydrogens is 424 g/mol. The largest absolute Gasteiger partial charge is 0.345 e. The molecule has 0 saturated carbocycles. The van der Waals surface area contributed by atoms with Crippen molar-refractivity contribution in [2.45, 2.75) is 18.5 Å². The summed E-state index contributed by atoms with van der Waals surface area (Å²) < 4.78 is 0. The lowest BCUT2D eigenvalue weighted by Gasteiger charge is -2.37. The van der Waals surface area contributed by atoms with Crippen molar-refractivity contribution in [2.75, 3.05) is 26.2 Å². The molecule has 0 bridgehead atoms. The monoisotopic (exact) mass is 452 g/mol. The topological polar surface area (TPSA) is 76.4 Å². The third-order valence-electron chi connectivity index (χ3n) is 6.19. The Kier molecular flexibility index (Phi) is 7.69. The number of rotatable bonds is 7. The van der Waals surface area contributed by atoms with Crippen LogP contribution in [0.25, 0.3) is 0 Å². The fourth-order valence-corrected chi connectivity index (χ4v) is 4.30. The fourth-order valence-electron chi connectivity index (χ4n) is 4.30. The number of piperazine rings is 1. The highest BCUT2D eigenvalue weighted by molar-refractivity contribution is 5.94. The molecule has 2 unspecified atom stereocenters. The van der Waals surface area contributed by atoms with Crippen LogP contribution in [0.5, 0.6) is 0 Å². The van der Waals surface area contributed by atoms with Crippen molar-refractivity contribution >= 4 is 11.8 Å². The quantitative estimate of drug-likeness (QED) is 0.589. The minimum Gasteiger partial charge on any atom is -0.345 e. The first-order chi connectivity index (χ1) is 16.7. The van der Waals surface area contributed by atoms with Crippen molar-refractivity contribution in [3.63, 3.8) is 0 Å². The van der Waals surface area contributed by atoms with Gasteiger partial charge in [0.25, 0.3) is 5.91 Å². The van der Waals surface area contributed by atoms with Gasteiger partial charge in [-0.3, -0.25) is 14.5 Å². The van der Waals surface area contributed by atoms with Gasteiger partial charge in [-0.1, -0.05) is 78.9 Å². The number of hydrogen-bond donors (Lipinski definition) is 1. The molecule has 0 radical (unpaired) electrons. The van der Waals surface area contributed by atoms with Gasteiger partial charge in [0.1, 0.15) is 6.04 Å². The van der Waals surface area contributed by atoms with E-state index in [0.717, 1.165) is 11.1 Å². The van der Waals surface area contributed by atoms with Crippen molar-refractivity contribution in [3.8, 4) is 6.07 Å². The first-order valence-electron chi connectivity index (χ1n) is 11.5. The molecular formula is C28H28N4O2. The van der Waals surface area contributed by atoms with Crippen molar-refractivity contribution in [1.29, 1.82) is 5.26 Å². The van der Waals surface area contributed by atoms with Crippen LogP contribution in [0.2, 0.25) is 0 Å². The van der Waals surface area contributed by atoms with E-state index in [1.165, 1.54) is 0 Å². The summed E-state index contributed by atoms with van der Waals surface area (Å²) in [7, 11) is 0. The number of nitrogens with zero attached hydrogens (tertiary/aromatic N) is 3. The maximum absolute atomic E-state index is 13.2. The highest BCUT2D eigenvalue weighted by atomic mass is 16.2. The zero-order valence-corrected chi connectivity index (χ0v) is 19.0. The van der Waals surface area contributed by atoms with Crippen molar-refractivity contribution < 1.29 is 9.59 Å². The van der Waals surface area contributed by atoms with Crippen LogP contribution in [0.15, 0.2) is 91.0 Å². The van der Waals surface area contributed by atoms with Gasteiger partial charge in [0.05, 0.1) is 18.5 Å². The summed E-state index contributed by atoms with van der Waals surface area (Å²) in [5.74, 6) is -0.207. The third-order valence-corrected chi connectivity index (χ3v) is 6.19. The van der Waals surface area contributed by atoms with Gasteiger partial charge in [-0.25, -0.2) is 0 Å². The van der Waals surface area contributed by atoms with Crippen LogP contribution in [0.3, 0.4) is 0 Å². The molecule has 3 aromatic rings. The summed E-state index contributed by atoms with van der Waals surface area (Å²) in [5.41, 5.74) is 2.43. The van der Waals surface area contributed by atoms with Crippen molar-refractivity contribution in [1.82, 2.24) is 15.1 Å². The third kappa shape index (κ3) is 5.69. The second-order valence-corrected chi connectivity index (χ2v) is 8.37. The minimum atomic E-state index is -0.421. The van der Waals surface area contributed by atoms with Gasteiger partial charge in [0.2, 0.25) is 5.91 Å². The summed E-state index contributed by atoms with van der Waals surface area (Å²) in [6, 6.07) is 30.0. The van der Waals surface area contributed by atoms with Gasteiger partial charge in [-0.15, -0.1) is 0 Å². The van der Waals surface area contributed by atoms with E-state index >= 15 is 0 Å². The van der Waals surface area contributed by atoms with Gasteiger partial charge in [0, 0.05) is 31.7 Å². The zero-order valence-electron chi connectivity index (χ0n) is 19.0. The average molecular weight is 453 g/mol. The molecule has 4 rings (SSSR count). The molecule has 3 aromatic carbocycles. The van der Waals surface area contributed by atoms with Crippen LogP contribution >= 0.6 is 0 Å². The Morgan fingerprint density at radius 2 is 1.32 bits per heavy atom. The molecule has 1 aliphatic rings. The second-order valence-electron chi connectivity index (χ2n) is 8.37. The molecule has 34 heavy (non-hydrogen) atoms. The number of carbonyl (C=O) groups is 2. The van der Waals surface area contributed by atoms with Crippen LogP contribution < -0.4 is 5.32 Å². The van der Waals surface area contributed by atoms with Gasteiger partial charge >= 0.3 is 0 Å². The predicted octanol–water partition coefficient (Wildman–Crippen LogP) is 3.96. The molecule has 1 saturated heterocycles. The predicted molar refractivity (Wildman–Crippen MR) is 131 cm³/mol. The van der Waals surface area contributed by atoms with E-state index in [9.17, 15) is 14.9 Å². The number of benzene rings is 3. The number of nitriles is 1. The summed E-state index contributed by atoms with van der Waals surface area (Å²) in [5, 5.41) is 12.8. The summed E-state index contributed by atoms with van der Waals surface area (Å²) in [6.45, 7) is 2.37. The van der Waals surface area contributed by atoms with E-state index in [4.69, 9.17) is 0 Å². The lowest BCUT2D eigenvalue weighted by Crippen LogP contribution is -2.50. The van der Waals surface area contributed by atoms with Gasteiger partial charge in [-0.2, -0.15) is 5.26 Å². The van der Waals surface area contributed by atoms with E-state index in [2.05, 4.69) is 16.3 Å². The number of carbonyl (C=O) groups excluding carboxylic acids is 2. The molecule has 1 fully saturated rings. The van der Waals surface area contributed by atoms with Gasteiger partial charge < -0.3 is 10.2 Å². The number of amides is 2. The molecule has 172 valence electrons. The van der Waals surface area contributed by atoms with E-state index in [-0.39, 0.29) is 24.3 Å². The highest BCUT2D eigenvalue weighted by Crippen LogP contribution is 2.23. The Morgan fingerprint density at radius 3 is 1.88 bits per heavy atom. The molecule has 2 amide bonds. The number of nitrogens with one attached hydrogen (secondary N) is 1. The van der Waals surface area contributed by atoms with Crippen LogP contribution in [0, 0.1) is 11.3 Å². The normalized spacial score (nSPS) is 15.7. The van der Waals surface area contributed by atoms with E-state index in [1.807, 2.05) is 83.8 Å². The van der Waals surface area contributed by atoms with Crippen molar-refractivity contribution in [3.05, 3.63) is 108 Å². The Hall–Kier alpha value is -3.95. The SMILES string of the molecule is N#CC(c1ccccc1)N1CCN(C(=O)CC(NC(=O)c2ccccc2)c2ccccc2)CC1. The Morgan fingerprint density at radius 1 is 0.794 bits per heavy atom. The van der Waals surface area contributed by atoms with Crippen LogP contribution in [0.1, 0.15) is 40.0 Å². The van der Waals surface area contributed by atoms with E-state index in [1.54, 1.807) is 12.1 Å². The van der Waals surface area contributed by atoms with Crippen molar-refractivity contribution in [2.24, 2.45) is 0 Å². The van der Waals surface area contributed by atoms with E-state index in [0.29, 0.717) is 31.7 Å². The second kappa shape index (κ2) is 11.3. The summed E-state index contributed by atoms with van der Waals surface area (Å²) in [6.07, 6.45) is 0.183. The molecule has 6 heteroatoms. The zero-order chi connectivity index (χ0) is 23.8. The molecule has 1 N–H and O–H groups in total. The molecule has 2 atom stereocenters. The molecule has 6 nitrogen and oxygen atoms in total. The van der Waals surface area contributed by atoms with Crippen LogP contribution in [0.4, 0.5) is 0 Å². The highest BCUT2D eigenvalue weighted by Gasteiger charge is 2.29. The van der Waals surface area contributed by atoms with Crippen LogP contribution in [-0.2, 0) is 4.79 Å². The Labute approximate surface area is 200 Å². The molecule has 0 aliphatic carbocycles. The maximum Gasteiger partial charge on any atom is 0.251 e. The summed E-state index contributed by atoms with van der Waals surface area (Å²) >= 11 is 0. The fraction of sp³-hybridized carbons (Fsp3) is 0.250. The Bertz CT molecular complexity index is 1120. The summed E-state index contributed by atoms with van der Waals surface area (Å²) in [4.78, 5) is 30.0. The van der Waals surface area contributed by atoms with Gasteiger partial charge in [0.15, 0.2) is 0 Å². The maximum atomic E-state index is 13.2.